The summed E-state index contributed by atoms with van der Waals surface area (Å²) in [7, 11) is 0. The second kappa shape index (κ2) is 8.28. The van der Waals surface area contributed by atoms with Gasteiger partial charge in [0.25, 0.3) is 5.56 Å². The highest BCUT2D eigenvalue weighted by atomic mass is 32.2. The van der Waals surface area contributed by atoms with E-state index in [9.17, 15) is 9.59 Å². The van der Waals surface area contributed by atoms with Crippen molar-refractivity contribution in [1.29, 1.82) is 0 Å². The zero-order valence-electron chi connectivity index (χ0n) is 17.7. The molecule has 3 heterocycles. The third-order valence-corrected chi connectivity index (χ3v) is 8.24. The minimum absolute atomic E-state index is 0.0375. The van der Waals surface area contributed by atoms with Gasteiger partial charge in [0.05, 0.1) is 16.8 Å². The Bertz CT molecular complexity index is 1550. The molecule has 0 spiro atoms. The van der Waals surface area contributed by atoms with Crippen LogP contribution in [0.4, 0.5) is 0 Å². The van der Waals surface area contributed by atoms with Gasteiger partial charge in [-0.05, 0) is 43.4 Å². The summed E-state index contributed by atoms with van der Waals surface area (Å²) in [5.74, 6) is 0.768. The Hall–Kier alpha value is -3.23. The largest absolute Gasteiger partial charge is 0.293 e. The highest BCUT2D eigenvalue weighted by molar-refractivity contribution is 7.99. The van der Waals surface area contributed by atoms with Gasteiger partial charge >= 0.3 is 0 Å². The summed E-state index contributed by atoms with van der Waals surface area (Å²) in [5.41, 5.74) is 2.56. The molecular formula is C25H20N4O2S2. The number of hydrogen-bond acceptors (Lipinski definition) is 6. The predicted octanol–water partition coefficient (Wildman–Crippen LogP) is 4.95. The zero-order valence-corrected chi connectivity index (χ0v) is 19.4. The van der Waals surface area contributed by atoms with E-state index in [1.165, 1.54) is 22.2 Å². The first-order chi connectivity index (χ1) is 16.2. The van der Waals surface area contributed by atoms with Crippen LogP contribution in [-0.4, -0.2) is 30.7 Å². The summed E-state index contributed by atoms with van der Waals surface area (Å²) in [6, 6.07) is 18.8. The van der Waals surface area contributed by atoms with Crippen LogP contribution >= 0.6 is 23.1 Å². The number of ketones is 1. The number of aryl methyl sites for hydroxylation is 2. The van der Waals surface area contributed by atoms with Crippen LogP contribution in [0.3, 0.4) is 0 Å². The molecular weight excluding hydrogens is 452 g/mol. The lowest BCUT2D eigenvalue weighted by atomic mass is 9.97. The number of thiophene rings is 1. The first-order valence-electron chi connectivity index (χ1n) is 10.9. The van der Waals surface area contributed by atoms with Gasteiger partial charge < -0.3 is 0 Å². The first kappa shape index (κ1) is 20.4. The number of carbonyl (C=O) groups is 1. The predicted molar refractivity (Wildman–Crippen MR) is 132 cm³/mol. The van der Waals surface area contributed by atoms with Crippen LogP contribution < -0.4 is 5.56 Å². The summed E-state index contributed by atoms with van der Waals surface area (Å²) < 4.78 is 3.62. The molecule has 5 aromatic rings. The molecule has 3 aromatic heterocycles. The number of aromatic nitrogens is 4. The molecule has 0 aliphatic heterocycles. The Morgan fingerprint density at radius 3 is 2.48 bits per heavy atom. The van der Waals surface area contributed by atoms with Crippen molar-refractivity contribution in [2.24, 2.45) is 0 Å². The van der Waals surface area contributed by atoms with E-state index in [4.69, 9.17) is 0 Å². The molecule has 0 saturated heterocycles. The van der Waals surface area contributed by atoms with E-state index in [1.807, 2.05) is 65.1 Å². The van der Waals surface area contributed by atoms with E-state index < -0.39 is 0 Å². The topological polar surface area (TPSA) is 69.3 Å². The molecule has 0 unspecified atom stereocenters. The van der Waals surface area contributed by atoms with Crippen LogP contribution in [0.1, 0.15) is 33.6 Å². The molecule has 164 valence electrons. The smallest absolute Gasteiger partial charge is 0.268 e. The van der Waals surface area contributed by atoms with Crippen molar-refractivity contribution < 1.29 is 4.79 Å². The van der Waals surface area contributed by atoms with Crippen LogP contribution in [0.25, 0.3) is 21.7 Å². The van der Waals surface area contributed by atoms with Crippen molar-refractivity contribution in [2.75, 3.05) is 5.75 Å². The van der Waals surface area contributed by atoms with Crippen molar-refractivity contribution in [3.05, 3.63) is 87.0 Å². The Balaban J connectivity index is 1.54. The SMILES string of the molecule is O=C(CSc1nnc2n(-c3ccccc3)c(=O)c3c4c(sc3n12)CCCC4)c1ccccc1. The van der Waals surface area contributed by atoms with Gasteiger partial charge in [-0.25, -0.2) is 8.97 Å². The van der Waals surface area contributed by atoms with Crippen LogP contribution in [-0.2, 0) is 12.8 Å². The summed E-state index contributed by atoms with van der Waals surface area (Å²) in [6.45, 7) is 0. The summed E-state index contributed by atoms with van der Waals surface area (Å²) >= 11 is 3.03. The minimum atomic E-state index is -0.0487. The van der Waals surface area contributed by atoms with E-state index in [-0.39, 0.29) is 17.1 Å². The molecule has 0 bridgehead atoms. The van der Waals surface area contributed by atoms with E-state index in [0.29, 0.717) is 16.5 Å². The number of fused-ring (bicyclic) bond motifs is 5. The molecule has 0 fully saturated rings. The minimum Gasteiger partial charge on any atom is -0.293 e. The van der Waals surface area contributed by atoms with E-state index in [2.05, 4.69) is 10.2 Å². The van der Waals surface area contributed by atoms with E-state index in [0.717, 1.165) is 41.6 Å². The summed E-state index contributed by atoms with van der Waals surface area (Å²) in [4.78, 5) is 28.6. The average Bonchev–Trinajstić information content (AvgIpc) is 3.45. The van der Waals surface area contributed by atoms with Crippen molar-refractivity contribution in [1.82, 2.24) is 19.2 Å². The van der Waals surface area contributed by atoms with Gasteiger partial charge in [-0.1, -0.05) is 60.3 Å². The second-order valence-corrected chi connectivity index (χ2v) is 10.1. The van der Waals surface area contributed by atoms with Gasteiger partial charge in [0, 0.05) is 10.4 Å². The maximum absolute atomic E-state index is 13.8. The van der Waals surface area contributed by atoms with E-state index in [1.54, 1.807) is 15.9 Å². The Morgan fingerprint density at radius 1 is 0.970 bits per heavy atom. The maximum atomic E-state index is 13.8. The highest BCUT2D eigenvalue weighted by Gasteiger charge is 2.25. The third-order valence-electron chi connectivity index (χ3n) is 6.03. The van der Waals surface area contributed by atoms with Gasteiger partial charge in [-0.3, -0.25) is 9.59 Å². The van der Waals surface area contributed by atoms with Gasteiger partial charge in [-0.15, -0.1) is 21.5 Å². The molecule has 2 aromatic carbocycles. The molecule has 8 heteroatoms. The number of rotatable bonds is 5. The standard InChI is InChI=1S/C25H20N4O2S2/c30-19(16-9-3-1-4-10-16)15-32-25-27-26-24-28(17-11-5-2-6-12-17)22(31)21-18-13-7-8-14-20(18)33-23(21)29(24)25/h1-6,9-12H,7-8,13-15H2. The number of nitrogens with zero attached hydrogens (tertiary/aromatic N) is 4. The number of hydrogen-bond donors (Lipinski definition) is 0. The quantitative estimate of drug-likeness (QED) is 0.267. The average molecular weight is 473 g/mol. The fourth-order valence-corrected chi connectivity index (χ4v) is 6.72. The lowest BCUT2D eigenvalue weighted by Gasteiger charge is -2.12. The zero-order chi connectivity index (χ0) is 22.4. The first-order valence-corrected chi connectivity index (χ1v) is 12.7. The Kier molecular flexibility index (Phi) is 5.11. The van der Waals surface area contributed by atoms with Gasteiger partial charge in [0.1, 0.15) is 4.83 Å². The number of benzene rings is 2. The molecule has 0 amide bonds. The molecule has 0 radical (unpaired) electrons. The van der Waals surface area contributed by atoms with Crippen molar-refractivity contribution >= 4 is 44.9 Å². The van der Waals surface area contributed by atoms with Crippen molar-refractivity contribution in [3.63, 3.8) is 0 Å². The van der Waals surface area contributed by atoms with Crippen LogP contribution in [0.15, 0.2) is 70.6 Å². The Morgan fingerprint density at radius 2 is 1.70 bits per heavy atom. The number of carbonyl (C=O) groups excluding carboxylic acids is 1. The third kappa shape index (κ3) is 3.41. The van der Waals surface area contributed by atoms with Gasteiger partial charge in [0.15, 0.2) is 10.9 Å². The molecule has 6 rings (SSSR count). The normalized spacial score (nSPS) is 13.5. The Labute approximate surface area is 197 Å². The summed E-state index contributed by atoms with van der Waals surface area (Å²) in [5, 5.41) is 10.2. The van der Waals surface area contributed by atoms with Gasteiger partial charge in [-0.2, -0.15) is 0 Å². The second-order valence-electron chi connectivity index (χ2n) is 8.06. The molecule has 33 heavy (non-hydrogen) atoms. The van der Waals surface area contributed by atoms with Crippen molar-refractivity contribution in [3.8, 4) is 5.69 Å². The van der Waals surface area contributed by atoms with Crippen LogP contribution in [0.5, 0.6) is 0 Å². The van der Waals surface area contributed by atoms with Gasteiger partial charge in [0.2, 0.25) is 5.78 Å². The van der Waals surface area contributed by atoms with Crippen molar-refractivity contribution in [2.45, 2.75) is 30.8 Å². The molecule has 0 saturated carbocycles. The molecule has 1 aliphatic rings. The molecule has 6 nitrogen and oxygen atoms in total. The summed E-state index contributed by atoms with van der Waals surface area (Å²) in [6.07, 6.45) is 4.15. The van der Waals surface area contributed by atoms with E-state index >= 15 is 0 Å². The monoisotopic (exact) mass is 472 g/mol. The lowest BCUT2D eigenvalue weighted by molar-refractivity contribution is 0.102. The molecule has 0 N–H and O–H groups in total. The fourth-order valence-electron chi connectivity index (χ4n) is 4.46. The number of para-hydroxylation sites is 1. The van der Waals surface area contributed by atoms with Crippen LogP contribution in [0.2, 0.25) is 0 Å². The molecule has 1 aliphatic carbocycles. The fraction of sp³-hybridized carbons (Fsp3) is 0.200. The van der Waals surface area contributed by atoms with Crippen LogP contribution in [0, 0.1) is 0 Å². The number of thioether (sulfide) groups is 1. The molecule has 0 atom stereocenters. The lowest BCUT2D eigenvalue weighted by Crippen LogP contribution is -2.22. The number of Topliss-reactive ketones (excluding diaryl/α,β-unsaturated/α-hetero) is 1. The highest BCUT2D eigenvalue weighted by Crippen LogP contribution is 2.36. The maximum Gasteiger partial charge on any atom is 0.268 e.